The van der Waals surface area contributed by atoms with E-state index in [1.807, 2.05) is 0 Å². The van der Waals surface area contributed by atoms with E-state index in [1.54, 1.807) is 14.1 Å². The lowest BCUT2D eigenvalue weighted by molar-refractivity contribution is -0.131. The molecule has 2 amide bonds. The Balaban J connectivity index is 1.79. The lowest BCUT2D eigenvalue weighted by Gasteiger charge is -2.43. The van der Waals surface area contributed by atoms with Crippen molar-refractivity contribution < 1.29 is 9.59 Å². The number of nitrogens with zero attached hydrogens (tertiary/aromatic N) is 2. The van der Waals surface area contributed by atoms with Crippen LogP contribution in [0, 0.1) is 5.92 Å². The molecule has 2 atom stereocenters. The number of rotatable bonds is 4. The van der Waals surface area contributed by atoms with Gasteiger partial charge in [0.1, 0.15) is 0 Å². The Labute approximate surface area is 121 Å². The van der Waals surface area contributed by atoms with Crippen molar-refractivity contribution in [3.63, 3.8) is 0 Å². The Morgan fingerprint density at radius 2 is 1.85 bits per heavy atom. The molecule has 1 aliphatic heterocycles. The maximum Gasteiger partial charge on any atom is 0.241 e. The summed E-state index contributed by atoms with van der Waals surface area (Å²) >= 11 is 0. The number of piperidine rings is 1. The third kappa shape index (κ3) is 3.95. The topological polar surface area (TPSA) is 52.7 Å². The average Bonchev–Trinajstić information content (AvgIpc) is 2.45. The van der Waals surface area contributed by atoms with E-state index in [9.17, 15) is 9.59 Å². The van der Waals surface area contributed by atoms with Crippen LogP contribution in [0.2, 0.25) is 0 Å². The Morgan fingerprint density at radius 1 is 1.15 bits per heavy atom. The van der Waals surface area contributed by atoms with Crippen molar-refractivity contribution in [1.82, 2.24) is 15.1 Å². The average molecular weight is 281 g/mol. The fourth-order valence-electron chi connectivity index (χ4n) is 3.50. The standard InChI is InChI=1S/C15H27N3O2/c1-17(2)15(20)10-16-14(19)11-18-9-5-7-12-6-3-4-8-13(12)18/h12-13H,3-11H2,1-2H3,(H,16,19)/t12-,13-/m0/s1. The molecule has 0 spiro atoms. The van der Waals surface area contributed by atoms with E-state index in [1.165, 1.54) is 43.4 Å². The van der Waals surface area contributed by atoms with E-state index in [-0.39, 0.29) is 18.4 Å². The first-order chi connectivity index (χ1) is 9.58. The smallest absolute Gasteiger partial charge is 0.241 e. The minimum Gasteiger partial charge on any atom is -0.347 e. The molecule has 0 unspecified atom stereocenters. The fourth-order valence-corrected chi connectivity index (χ4v) is 3.50. The van der Waals surface area contributed by atoms with Crippen molar-refractivity contribution >= 4 is 11.8 Å². The Hall–Kier alpha value is -1.10. The zero-order valence-corrected chi connectivity index (χ0v) is 12.7. The van der Waals surface area contributed by atoms with Crippen molar-refractivity contribution in [2.75, 3.05) is 33.7 Å². The van der Waals surface area contributed by atoms with Gasteiger partial charge in [0.05, 0.1) is 13.1 Å². The van der Waals surface area contributed by atoms with Crippen LogP contribution in [-0.4, -0.2) is 61.4 Å². The first kappa shape index (κ1) is 15.3. The van der Waals surface area contributed by atoms with E-state index in [0.29, 0.717) is 12.6 Å². The summed E-state index contributed by atoms with van der Waals surface area (Å²) in [6.45, 7) is 1.58. The lowest BCUT2D eigenvalue weighted by atomic mass is 9.78. The molecule has 0 aromatic carbocycles. The zero-order valence-electron chi connectivity index (χ0n) is 12.7. The number of amides is 2. The van der Waals surface area contributed by atoms with Crippen LogP contribution >= 0.6 is 0 Å². The van der Waals surface area contributed by atoms with Gasteiger partial charge in [-0.25, -0.2) is 0 Å². The monoisotopic (exact) mass is 281 g/mol. The highest BCUT2D eigenvalue weighted by Crippen LogP contribution is 2.34. The third-order valence-corrected chi connectivity index (χ3v) is 4.64. The van der Waals surface area contributed by atoms with Crippen molar-refractivity contribution in [2.24, 2.45) is 5.92 Å². The van der Waals surface area contributed by atoms with Crippen LogP contribution in [0.1, 0.15) is 38.5 Å². The molecular formula is C15H27N3O2. The van der Waals surface area contributed by atoms with Crippen LogP contribution in [0.4, 0.5) is 0 Å². The molecule has 1 saturated heterocycles. The van der Waals surface area contributed by atoms with Crippen molar-refractivity contribution in [2.45, 2.75) is 44.6 Å². The molecule has 1 saturated carbocycles. The molecule has 114 valence electrons. The second-order valence-corrected chi connectivity index (χ2v) is 6.29. The van der Waals surface area contributed by atoms with Crippen molar-refractivity contribution in [3.05, 3.63) is 0 Å². The van der Waals surface area contributed by atoms with Gasteiger partial charge >= 0.3 is 0 Å². The number of hydrogen-bond acceptors (Lipinski definition) is 3. The van der Waals surface area contributed by atoms with Crippen molar-refractivity contribution in [1.29, 1.82) is 0 Å². The summed E-state index contributed by atoms with van der Waals surface area (Å²) in [4.78, 5) is 27.3. The predicted molar refractivity (Wildman–Crippen MR) is 78.3 cm³/mol. The quantitative estimate of drug-likeness (QED) is 0.831. The van der Waals surface area contributed by atoms with Gasteiger partial charge in [0.25, 0.3) is 0 Å². The maximum atomic E-state index is 12.0. The molecule has 1 heterocycles. The number of carbonyl (C=O) groups is 2. The van der Waals surface area contributed by atoms with Gasteiger partial charge < -0.3 is 10.2 Å². The first-order valence-corrected chi connectivity index (χ1v) is 7.79. The van der Waals surface area contributed by atoms with E-state index < -0.39 is 0 Å². The highest BCUT2D eigenvalue weighted by atomic mass is 16.2. The van der Waals surface area contributed by atoms with Gasteiger partial charge in [-0.3, -0.25) is 14.5 Å². The molecule has 2 rings (SSSR count). The SMILES string of the molecule is CN(C)C(=O)CNC(=O)CN1CCC[C@@H]2CCCC[C@@H]21. The summed E-state index contributed by atoms with van der Waals surface area (Å²) in [7, 11) is 3.40. The molecule has 1 aliphatic carbocycles. The van der Waals surface area contributed by atoms with E-state index in [4.69, 9.17) is 0 Å². The summed E-state index contributed by atoms with van der Waals surface area (Å²) in [6.07, 6.45) is 7.71. The number of carbonyl (C=O) groups excluding carboxylic acids is 2. The Bertz CT molecular complexity index is 355. The third-order valence-electron chi connectivity index (χ3n) is 4.64. The molecule has 20 heavy (non-hydrogen) atoms. The molecule has 5 nitrogen and oxygen atoms in total. The largest absolute Gasteiger partial charge is 0.347 e. The summed E-state index contributed by atoms with van der Waals surface area (Å²) < 4.78 is 0. The van der Waals surface area contributed by atoms with Crippen molar-refractivity contribution in [3.8, 4) is 0 Å². The summed E-state index contributed by atoms with van der Waals surface area (Å²) in [6, 6.07) is 0.591. The molecular weight excluding hydrogens is 254 g/mol. The van der Waals surface area contributed by atoms with Gasteiger partial charge in [-0.2, -0.15) is 0 Å². The molecule has 0 aromatic rings. The van der Waals surface area contributed by atoms with Crippen LogP contribution < -0.4 is 5.32 Å². The maximum absolute atomic E-state index is 12.0. The van der Waals surface area contributed by atoms with Crippen LogP contribution in [-0.2, 0) is 9.59 Å². The summed E-state index contributed by atoms with van der Waals surface area (Å²) in [5.41, 5.74) is 0. The van der Waals surface area contributed by atoms with Crippen LogP contribution in [0.3, 0.4) is 0 Å². The number of likely N-dealkylation sites (tertiary alicyclic amines) is 1. The van der Waals surface area contributed by atoms with Gasteiger partial charge in [-0.1, -0.05) is 12.8 Å². The molecule has 1 N–H and O–H groups in total. The molecule has 5 heteroatoms. The molecule has 0 aromatic heterocycles. The normalized spacial score (nSPS) is 26.7. The minimum absolute atomic E-state index is 0.0218. The van der Waals surface area contributed by atoms with Crippen LogP contribution in [0.25, 0.3) is 0 Å². The highest BCUT2D eigenvalue weighted by molar-refractivity contribution is 5.85. The Morgan fingerprint density at radius 3 is 2.60 bits per heavy atom. The minimum atomic E-state index is -0.0625. The summed E-state index contributed by atoms with van der Waals surface area (Å²) in [5.74, 6) is 0.702. The molecule has 2 aliphatic rings. The van der Waals surface area contributed by atoms with E-state index in [2.05, 4.69) is 10.2 Å². The van der Waals surface area contributed by atoms with Gasteiger partial charge in [0.15, 0.2) is 0 Å². The summed E-state index contributed by atoms with van der Waals surface area (Å²) in [5, 5.41) is 2.73. The van der Waals surface area contributed by atoms with Gasteiger partial charge in [-0.05, 0) is 38.1 Å². The van der Waals surface area contributed by atoms with Crippen LogP contribution in [0.15, 0.2) is 0 Å². The number of fused-ring (bicyclic) bond motifs is 1. The zero-order chi connectivity index (χ0) is 14.5. The lowest BCUT2D eigenvalue weighted by Crippen LogP contribution is -2.51. The highest BCUT2D eigenvalue weighted by Gasteiger charge is 2.33. The first-order valence-electron chi connectivity index (χ1n) is 7.79. The Kier molecular flexibility index (Phi) is 5.40. The predicted octanol–water partition coefficient (Wildman–Crippen LogP) is 0.845. The van der Waals surface area contributed by atoms with E-state index in [0.717, 1.165) is 12.5 Å². The van der Waals surface area contributed by atoms with Gasteiger partial charge in [0, 0.05) is 20.1 Å². The molecule has 0 radical (unpaired) electrons. The number of likely N-dealkylation sites (N-methyl/N-ethyl adjacent to an activating group) is 1. The molecule has 0 bridgehead atoms. The van der Waals surface area contributed by atoms with Gasteiger partial charge in [-0.15, -0.1) is 0 Å². The molecule has 2 fully saturated rings. The second kappa shape index (κ2) is 7.07. The van der Waals surface area contributed by atoms with Crippen LogP contribution in [0.5, 0.6) is 0 Å². The fraction of sp³-hybridized carbons (Fsp3) is 0.867. The number of nitrogens with one attached hydrogen (secondary N) is 1. The van der Waals surface area contributed by atoms with Gasteiger partial charge in [0.2, 0.25) is 11.8 Å². The van der Waals surface area contributed by atoms with E-state index >= 15 is 0 Å². The number of hydrogen-bond donors (Lipinski definition) is 1. The second-order valence-electron chi connectivity index (χ2n) is 6.29.